The van der Waals surface area contributed by atoms with Gasteiger partial charge in [-0.15, -0.1) is 0 Å². The van der Waals surface area contributed by atoms with Crippen LogP contribution in [0.25, 0.3) is 0 Å². The molecular weight excluding hydrogens is 419 g/mol. The fourth-order valence-electron chi connectivity index (χ4n) is 3.23. The van der Waals surface area contributed by atoms with Crippen LogP contribution in [-0.2, 0) is 25.7 Å². The second-order valence-corrected chi connectivity index (χ2v) is 7.51. The summed E-state index contributed by atoms with van der Waals surface area (Å²) in [6, 6.07) is 2.79. The van der Waals surface area contributed by atoms with Crippen LogP contribution in [0, 0.1) is 6.92 Å². The molecule has 1 aliphatic heterocycles. The van der Waals surface area contributed by atoms with E-state index in [0.717, 1.165) is 11.1 Å². The zero-order valence-electron chi connectivity index (χ0n) is 16.5. The Morgan fingerprint density at radius 1 is 1.33 bits per heavy atom. The maximum absolute atomic E-state index is 12.7. The van der Waals surface area contributed by atoms with Gasteiger partial charge in [0, 0.05) is 11.6 Å². The molecule has 2 amide bonds. The number of amides is 2. The molecule has 0 radical (unpaired) electrons. The molecular formula is C20H24ClFN2O6. The van der Waals surface area contributed by atoms with Gasteiger partial charge in [-0.05, 0) is 43.4 Å². The van der Waals surface area contributed by atoms with Gasteiger partial charge in [0.15, 0.2) is 5.78 Å². The number of rotatable bonds is 8. The molecule has 8 nitrogen and oxygen atoms in total. The monoisotopic (exact) mass is 442 g/mol. The number of carbonyl (C=O) groups is 4. The van der Waals surface area contributed by atoms with Gasteiger partial charge in [-0.1, -0.05) is 23.7 Å². The number of nitrogens with zero attached hydrogens (tertiary/aromatic N) is 1. The van der Waals surface area contributed by atoms with Crippen LogP contribution >= 0.6 is 11.6 Å². The van der Waals surface area contributed by atoms with Gasteiger partial charge in [-0.3, -0.25) is 19.3 Å². The first kappa shape index (κ1) is 23.6. The van der Waals surface area contributed by atoms with E-state index in [1.165, 1.54) is 4.90 Å². The molecule has 1 fully saturated rings. The maximum Gasteiger partial charge on any atom is 0.410 e. The van der Waals surface area contributed by atoms with Gasteiger partial charge in [-0.2, -0.15) is 0 Å². The van der Waals surface area contributed by atoms with E-state index in [2.05, 4.69) is 5.32 Å². The number of carbonyl (C=O) groups excluding carboxylic acids is 3. The van der Waals surface area contributed by atoms with Gasteiger partial charge >= 0.3 is 12.1 Å². The number of halogens is 2. The highest BCUT2D eigenvalue weighted by atomic mass is 35.5. The summed E-state index contributed by atoms with van der Waals surface area (Å²) in [5, 5.41) is 11.7. The van der Waals surface area contributed by atoms with Crippen LogP contribution in [0.5, 0.6) is 0 Å². The summed E-state index contributed by atoms with van der Waals surface area (Å²) in [7, 11) is 0. The molecule has 1 aromatic carbocycles. The number of likely N-dealkylation sites (tertiary alicyclic amines) is 1. The number of carboxylic acids is 1. The van der Waals surface area contributed by atoms with Crippen LogP contribution in [0.3, 0.4) is 0 Å². The summed E-state index contributed by atoms with van der Waals surface area (Å²) in [5.41, 5.74) is 1.57. The number of hydrogen-bond acceptors (Lipinski definition) is 5. The van der Waals surface area contributed by atoms with E-state index < -0.39 is 48.9 Å². The topological polar surface area (TPSA) is 113 Å². The molecule has 164 valence electrons. The van der Waals surface area contributed by atoms with Crippen molar-refractivity contribution >= 4 is 35.4 Å². The quantitative estimate of drug-likeness (QED) is 0.640. The van der Waals surface area contributed by atoms with Crippen molar-refractivity contribution < 1.29 is 33.4 Å². The van der Waals surface area contributed by atoms with Crippen molar-refractivity contribution in [3.8, 4) is 0 Å². The molecule has 1 unspecified atom stereocenters. The van der Waals surface area contributed by atoms with Gasteiger partial charge < -0.3 is 15.2 Å². The first-order valence-corrected chi connectivity index (χ1v) is 9.90. The summed E-state index contributed by atoms with van der Waals surface area (Å²) in [6.45, 7) is 0.695. The lowest BCUT2D eigenvalue weighted by molar-refractivity contribution is -0.140. The molecule has 1 aromatic rings. The van der Waals surface area contributed by atoms with Crippen molar-refractivity contribution in [2.45, 2.75) is 51.3 Å². The van der Waals surface area contributed by atoms with Gasteiger partial charge in [0.2, 0.25) is 5.91 Å². The predicted octanol–water partition coefficient (Wildman–Crippen LogP) is 2.64. The van der Waals surface area contributed by atoms with Crippen LogP contribution in [0.4, 0.5) is 9.18 Å². The lowest BCUT2D eigenvalue weighted by Crippen LogP contribution is -2.55. The molecule has 0 spiro atoms. The first-order chi connectivity index (χ1) is 14.2. The first-order valence-electron chi connectivity index (χ1n) is 9.52. The zero-order valence-corrected chi connectivity index (χ0v) is 17.3. The molecule has 1 aliphatic rings. The third-order valence-corrected chi connectivity index (χ3v) is 5.26. The van der Waals surface area contributed by atoms with Crippen LogP contribution < -0.4 is 5.32 Å². The second kappa shape index (κ2) is 10.9. The Balaban J connectivity index is 2.03. The van der Waals surface area contributed by atoms with Gasteiger partial charge in [0.05, 0.1) is 6.42 Å². The average molecular weight is 443 g/mol. The highest BCUT2D eigenvalue weighted by Crippen LogP contribution is 2.20. The number of aliphatic carboxylic acids is 1. The van der Waals surface area contributed by atoms with E-state index in [1.807, 2.05) is 6.92 Å². The van der Waals surface area contributed by atoms with Crippen molar-refractivity contribution in [1.29, 1.82) is 0 Å². The number of carboxylic acid groups (broad SMARTS) is 1. The van der Waals surface area contributed by atoms with E-state index in [4.69, 9.17) is 21.4 Å². The SMILES string of the molecule is Cc1cc(COC(=O)N2CCCC[C@H]2C(=O)NC(CC(=O)O)C(=O)CF)ccc1Cl. The number of alkyl halides is 1. The molecule has 1 saturated heterocycles. The number of ketones is 1. The smallest absolute Gasteiger partial charge is 0.410 e. The summed E-state index contributed by atoms with van der Waals surface area (Å²) in [5.74, 6) is -3.09. The van der Waals surface area contributed by atoms with Gasteiger partial charge in [0.25, 0.3) is 0 Å². The lowest BCUT2D eigenvalue weighted by atomic mass is 10.0. The average Bonchev–Trinajstić information content (AvgIpc) is 2.72. The van der Waals surface area contributed by atoms with Crippen LogP contribution in [0.2, 0.25) is 5.02 Å². The van der Waals surface area contributed by atoms with Crippen molar-refractivity contribution in [3.63, 3.8) is 0 Å². The van der Waals surface area contributed by atoms with E-state index in [9.17, 15) is 23.6 Å². The van der Waals surface area contributed by atoms with E-state index in [1.54, 1.807) is 18.2 Å². The molecule has 0 aliphatic carbocycles. The number of Topliss-reactive ketones (excluding diaryl/α,β-unsaturated/α-hetero) is 1. The number of ether oxygens (including phenoxy) is 1. The number of benzene rings is 1. The Labute approximate surface area is 178 Å². The minimum Gasteiger partial charge on any atom is -0.481 e. The van der Waals surface area contributed by atoms with Crippen molar-refractivity contribution in [3.05, 3.63) is 34.3 Å². The molecule has 0 saturated carbocycles. The zero-order chi connectivity index (χ0) is 22.3. The van der Waals surface area contributed by atoms with Gasteiger partial charge in [0.1, 0.15) is 25.4 Å². The van der Waals surface area contributed by atoms with Crippen LogP contribution in [-0.4, -0.2) is 59.1 Å². The molecule has 1 heterocycles. The molecule has 0 aromatic heterocycles. The standard InChI is InChI=1S/C20H24ClFN2O6/c1-12-8-13(5-6-14(12)21)11-30-20(29)24-7-3-2-4-16(24)19(28)23-15(9-18(26)27)17(25)10-22/h5-6,8,15-16H,2-4,7,9-11H2,1H3,(H,23,28)(H,26,27)/t15?,16-/m0/s1. The molecule has 2 N–H and O–H groups in total. The summed E-state index contributed by atoms with van der Waals surface area (Å²) >= 11 is 5.98. The Morgan fingerprint density at radius 2 is 2.07 bits per heavy atom. The third-order valence-electron chi connectivity index (χ3n) is 4.84. The fourth-order valence-corrected chi connectivity index (χ4v) is 3.35. The Hall–Kier alpha value is -2.68. The Morgan fingerprint density at radius 3 is 2.70 bits per heavy atom. The van der Waals surface area contributed by atoms with E-state index in [0.29, 0.717) is 24.3 Å². The Kier molecular flexibility index (Phi) is 8.58. The summed E-state index contributed by atoms with van der Waals surface area (Å²) in [6.07, 6.45) is 0.223. The van der Waals surface area contributed by atoms with Crippen LogP contribution in [0.1, 0.15) is 36.8 Å². The number of hydrogen-bond donors (Lipinski definition) is 2. The highest BCUT2D eigenvalue weighted by Gasteiger charge is 2.35. The molecule has 0 bridgehead atoms. The highest BCUT2D eigenvalue weighted by molar-refractivity contribution is 6.31. The van der Waals surface area contributed by atoms with Crippen LogP contribution in [0.15, 0.2) is 18.2 Å². The molecule has 2 atom stereocenters. The minimum atomic E-state index is -1.49. The number of aryl methyl sites for hydroxylation is 1. The number of nitrogens with one attached hydrogen (secondary N) is 1. The van der Waals surface area contributed by atoms with Crippen molar-refractivity contribution in [1.82, 2.24) is 10.2 Å². The number of piperidine rings is 1. The maximum atomic E-state index is 12.7. The largest absolute Gasteiger partial charge is 0.481 e. The van der Waals surface area contributed by atoms with Gasteiger partial charge in [-0.25, -0.2) is 9.18 Å². The second-order valence-electron chi connectivity index (χ2n) is 7.10. The van der Waals surface area contributed by atoms with E-state index in [-0.39, 0.29) is 13.2 Å². The van der Waals surface area contributed by atoms with E-state index >= 15 is 0 Å². The minimum absolute atomic E-state index is 0.0103. The normalized spacial score (nSPS) is 17.2. The molecule has 2 rings (SSSR count). The fraction of sp³-hybridized carbons (Fsp3) is 0.500. The van der Waals surface area contributed by atoms with Crippen molar-refractivity contribution in [2.75, 3.05) is 13.2 Å². The Bertz CT molecular complexity index is 818. The lowest BCUT2D eigenvalue weighted by Gasteiger charge is -2.34. The third kappa shape index (κ3) is 6.41. The summed E-state index contributed by atoms with van der Waals surface area (Å²) < 4.78 is 18.0. The van der Waals surface area contributed by atoms with Crippen molar-refractivity contribution in [2.24, 2.45) is 0 Å². The predicted molar refractivity (Wildman–Crippen MR) is 106 cm³/mol. The molecule has 10 heteroatoms. The summed E-state index contributed by atoms with van der Waals surface area (Å²) in [4.78, 5) is 49.0. The molecule has 30 heavy (non-hydrogen) atoms.